The van der Waals surface area contributed by atoms with Crippen molar-refractivity contribution in [3.8, 4) is 6.07 Å². The number of carbonyl (C=O) groups excluding carboxylic acids is 1. The zero-order valence-electron chi connectivity index (χ0n) is 18.4. The van der Waals surface area contributed by atoms with Crippen LogP contribution in [-0.2, 0) is 16.2 Å². The highest BCUT2D eigenvalue weighted by molar-refractivity contribution is 5.79. The Kier molecular flexibility index (Phi) is 6.00. The Morgan fingerprint density at radius 1 is 1.06 bits per heavy atom. The van der Waals surface area contributed by atoms with Crippen LogP contribution in [0.3, 0.4) is 0 Å². The van der Waals surface area contributed by atoms with E-state index in [0.717, 1.165) is 18.9 Å². The number of fused-ring (bicyclic) bond motifs is 1. The molecular formula is C25H23F3N4O2. The molecule has 1 saturated carbocycles. The predicted molar refractivity (Wildman–Crippen MR) is 116 cm³/mol. The van der Waals surface area contributed by atoms with Gasteiger partial charge >= 0.3 is 0 Å². The van der Waals surface area contributed by atoms with Gasteiger partial charge in [-0.05, 0) is 55.4 Å². The molecular weight excluding hydrogens is 445 g/mol. The molecule has 5 rings (SSSR count). The van der Waals surface area contributed by atoms with Crippen LogP contribution in [0.1, 0.15) is 49.3 Å². The van der Waals surface area contributed by atoms with Gasteiger partial charge in [0.05, 0.1) is 35.6 Å². The van der Waals surface area contributed by atoms with Gasteiger partial charge in [-0.25, -0.2) is 23.2 Å². The predicted octanol–water partition coefficient (Wildman–Crippen LogP) is 5.04. The lowest BCUT2D eigenvalue weighted by Gasteiger charge is -2.32. The third-order valence-corrected chi connectivity index (χ3v) is 6.87. The van der Waals surface area contributed by atoms with Crippen molar-refractivity contribution in [2.24, 2.45) is 11.8 Å². The van der Waals surface area contributed by atoms with Crippen molar-refractivity contribution in [2.75, 3.05) is 6.61 Å². The van der Waals surface area contributed by atoms with Gasteiger partial charge in [0.25, 0.3) is 0 Å². The lowest BCUT2D eigenvalue weighted by molar-refractivity contribution is -0.183. The molecule has 0 N–H and O–H groups in total. The van der Waals surface area contributed by atoms with Crippen molar-refractivity contribution >= 4 is 16.9 Å². The maximum Gasteiger partial charge on any atom is 0.249 e. The number of imidazole rings is 1. The molecule has 1 atom stereocenters. The maximum absolute atomic E-state index is 14.1. The van der Waals surface area contributed by atoms with Gasteiger partial charge in [0.1, 0.15) is 23.5 Å². The summed E-state index contributed by atoms with van der Waals surface area (Å²) in [5.74, 6) is -1.98. The summed E-state index contributed by atoms with van der Waals surface area (Å²) in [5, 5.41) is 10.3. The van der Waals surface area contributed by atoms with E-state index in [1.807, 2.05) is 10.6 Å². The molecule has 9 heteroatoms. The van der Waals surface area contributed by atoms with Gasteiger partial charge < -0.3 is 4.57 Å². The summed E-state index contributed by atoms with van der Waals surface area (Å²) in [6.45, 7) is 0.968. The normalized spacial score (nSPS) is 22.8. The number of amides is 1. The van der Waals surface area contributed by atoms with E-state index in [1.165, 1.54) is 29.3 Å². The number of halogens is 3. The van der Waals surface area contributed by atoms with E-state index in [-0.39, 0.29) is 17.4 Å². The van der Waals surface area contributed by atoms with Crippen molar-refractivity contribution in [3.63, 3.8) is 0 Å². The minimum atomic E-state index is -0.675. The standard InChI is InChI=1S/C25H23F3N4O2/c26-19-7-17(8-20(27)10-19)23-5-6-34-32(23)25(33)16-3-1-15(2-4-16)13-31-14-30-22-9-18(12-29)21(28)11-24(22)31/h7-11,14-16,23H,1-6,13H2/t15?,16?,23-/m0/s1. The van der Waals surface area contributed by atoms with E-state index < -0.39 is 23.5 Å². The fourth-order valence-electron chi connectivity index (χ4n) is 5.12. The fraction of sp³-hybridized carbons (Fsp3) is 0.400. The molecule has 1 saturated heterocycles. The summed E-state index contributed by atoms with van der Waals surface area (Å²) < 4.78 is 43.4. The minimum absolute atomic E-state index is 0.0276. The lowest BCUT2D eigenvalue weighted by Crippen LogP contribution is -2.37. The molecule has 6 nitrogen and oxygen atoms in total. The second kappa shape index (κ2) is 9.11. The molecule has 1 amide bonds. The van der Waals surface area contributed by atoms with Gasteiger partial charge in [-0.3, -0.25) is 9.63 Å². The molecule has 176 valence electrons. The van der Waals surface area contributed by atoms with Crippen LogP contribution in [-0.4, -0.2) is 27.1 Å². The van der Waals surface area contributed by atoms with E-state index >= 15 is 0 Å². The summed E-state index contributed by atoms with van der Waals surface area (Å²) in [7, 11) is 0. The van der Waals surface area contributed by atoms with E-state index in [9.17, 15) is 18.0 Å². The van der Waals surface area contributed by atoms with Crippen LogP contribution in [0.15, 0.2) is 36.7 Å². The van der Waals surface area contributed by atoms with Crippen molar-refractivity contribution in [1.82, 2.24) is 14.6 Å². The number of hydroxylamine groups is 2. The number of hydrogen-bond donors (Lipinski definition) is 0. The summed E-state index contributed by atoms with van der Waals surface area (Å²) in [4.78, 5) is 23.0. The van der Waals surface area contributed by atoms with Crippen molar-refractivity contribution in [3.05, 3.63) is 65.2 Å². The fourth-order valence-corrected chi connectivity index (χ4v) is 5.12. The first-order chi connectivity index (χ1) is 16.4. The van der Waals surface area contributed by atoms with Crippen LogP contribution in [0.4, 0.5) is 13.2 Å². The van der Waals surface area contributed by atoms with Crippen molar-refractivity contribution < 1.29 is 22.8 Å². The topological polar surface area (TPSA) is 71.2 Å². The number of carbonyl (C=O) groups is 1. The van der Waals surface area contributed by atoms with Crippen LogP contribution >= 0.6 is 0 Å². The lowest BCUT2D eigenvalue weighted by atomic mass is 9.81. The molecule has 0 spiro atoms. The average molecular weight is 468 g/mol. The number of rotatable bonds is 4. The van der Waals surface area contributed by atoms with Gasteiger partial charge in [0.2, 0.25) is 5.91 Å². The Hall–Kier alpha value is -3.38. The first-order valence-electron chi connectivity index (χ1n) is 11.4. The number of benzene rings is 2. The maximum atomic E-state index is 14.1. The summed E-state index contributed by atoms with van der Waals surface area (Å²) in [6, 6.07) is 7.43. The Labute approximate surface area is 194 Å². The second-order valence-electron chi connectivity index (χ2n) is 9.05. The van der Waals surface area contributed by atoms with E-state index in [0.29, 0.717) is 54.9 Å². The second-order valence-corrected chi connectivity index (χ2v) is 9.05. The monoisotopic (exact) mass is 468 g/mol. The van der Waals surface area contributed by atoms with Gasteiger partial charge in [-0.1, -0.05) is 0 Å². The van der Waals surface area contributed by atoms with Crippen LogP contribution in [0.2, 0.25) is 0 Å². The highest BCUT2D eigenvalue weighted by Gasteiger charge is 2.37. The molecule has 1 aliphatic carbocycles. The first-order valence-corrected chi connectivity index (χ1v) is 11.4. The Bertz CT molecular complexity index is 1260. The molecule has 1 aromatic heterocycles. The van der Waals surface area contributed by atoms with Gasteiger partial charge in [-0.15, -0.1) is 0 Å². The Morgan fingerprint density at radius 3 is 2.50 bits per heavy atom. The van der Waals surface area contributed by atoms with E-state index in [4.69, 9.17) is 10.1 Å². The summed E-state index contributed by atoms with van der Waals surface area (Å²) >= 11 is 0. The van der Waals surface area contributed by atoms with Gasteiger partial charge in [0, 0.05) is 31.0 Å². The molecule has 2 aliphatic rings. The van der Waals surface area contributed by atoms with Crippen LogP contribution in [0.25, 0.3) is 11.0 Å². The third kappa shape index (κ3) is 4.26. The van der Waals surface area contributed by atoms with Crippen molar-refractivity contribution in [2.45, 2.75) is 44.7 Å². The summed E-state index contributed by atoms with van der Waals surface area (Å²) in [6.07, 6.45) is 5.11. The third-order valence-electron chi connectivity index (χ3n) is 6.87. The van der Waals surface area contributed by atoms with Gasteiger partial charge in [-0.2, -0.15) is 5.26 Å². The molecule has 2 heterocycles. The molecule has 1 aliphatic heterocycles. The molecule has 0 bridgehead atoms. The van der Waals surface area contributed by atoms with Gasteiger partial charge in [0.15, 0.2) is 0 Å². The van der Waals surface area contributed by atoms with Crippen LogP contribution in [0.5, 0.6) is 0 Å². The molecule has 0 unspecified atom stereocenters. The highest BCUT2D eigenvalue weighted by Crippen LogP contribution is 2.37. The number of nitriles is 1. The largest absolute Gasteiger partial charge is 0.330 e. The Morgan fingerprint density at radius 2 is 1.79 bits per heavy atom. The molecule has 3 aromatic rings. The van der Waals surface area contributed by atoms with E-state index in [1.54, 1.807) is 6.33 Å². The molecule has 0 radical (unpaired) electrons. The zero-order chi connectivity index (χ0) is 23.8. The quantitative estimate of drug-likeness (QED) is 0.538. The van der Waals surface area contributed by atoms with Crippen LogP contribution in [0, 0.1) is 40.6 Å². The van der Waals surface area contributed by atoms with Crippen LogP contribution < -0.4 is 0 Å². The number of nitrogens with zero attached hydrogens (tertiary/aromatic N) is 4. The average Bonchev–Trinajstić information content (AvgIpc) is 3.45. The number of aromatic nitrogens is 2. The highest BCUT2D eigenvalue weighted by atomic mass is 19.1. The zero-order valence-corrected chi connectivity index (χ0v) is 18.4. The smallest absolute Gasteiger partial charge is 0.249 e. The molecule has 34 heavy (non-hydrogen) atoms. The van der Waals surface area contributed by atoms with E-state index in [2.05, 4.69) is 4.98 Å². The SMILES string of the molecule is N#Cc1cc2ncn(CC3CCC(C(=O)N4OCC[C@H]4c4cc(F)cc(F)c4)CC3)c2cc1F. The molecule has 2 aromatic carbocycles. The molecule has 2 fully saturated rings. The minimum Gasteiger partial charge on any atom is -0.330 e. The first kappa shape index (κ1) is 22.4. The van der Waals surface area contributed by atoms with Crippen molar-refractivity contribution in [1.29, 1.82) is 5.26 Å². The number of hydrogen-bond acceptors (Lipinski definition) is 4. The summed E-state index contributed by atoms with van der Waals surface area (Å²) in [5.41, 5.74) is 1.59. The Balaban J connectivity index is 1.23.